The van der Waals surface area contributed by atoms with Crippen molar-refractivity contribution in [3.05, 3.63) is 122 Å². The van der Waals surface area contributed by atoms with Gasteiger partial charge in [-0.15, -0.1) is 0 Å². The number of hydrogen-bond acceptors (Lipinski definition) is 9. The number of halogens is 7. The minimum absolute atomic E-state index is 0.00627. The number of aromatic nitrogens is 8. The number of sulfonamides is 1. The predicted octanol–water partition coefficient (Wildman–Crippen LogP) is 6.78. The van der Waals surface area contributed by atoms with Crippen molar-refractivity contribution in [3.63, 3.8) is 0 Å². The van der Waals surface area contributed by atoms with Crippen LogP contribution in [0.2, 0.25) is 5.02 Å². The lowest BCUT2D eigenvalue weighted by Crippen LogP contribution is -2.38. The van der Waals surface area contributed by atoms with Crippen LogP contribution in [0.3, 0.4) is 0 Å². The summed E-state index contributed by atoms with van der Waals surface area (Å²) in [6, 6.07) is 8.46. The lowest BCUT2D eigenvalue weighted by molar-refractivity contribution is -0.123. The van der Waals surface area contributed by atoms with Crippen molar-refractivity contribution in [2.75, 3.05) is 11.0 Å². The van der Waals surface area contributed by atoms with Gasteiger partial charge in [0.05, 0.1) is 62.4 Å². The standard InChI is InChI=1S/C40H31ClF6N10O4S/c1-17-14-49-28(15-48-17)19-4-5-22-26(11-19)51-38(57(39(22)59)29-7-6-25(41)32-34(29)55(2)53-37(32)54-62(3,60)61)27(10-18-8-20(42)12-21(43)9-18)50-30(58)16-56-35-31(33(52-56)36(44)45)23-13-24(23)40(35,46)47/h4-9,11-12,14-15,23-24,27,36H,10,13,16H2,1-3H3,(H,50,58)(H,53,54)/t23-,24+,27-/m0/s1. The van der Waals surface area contributed by atoms with Gasteiger partial charge in [-0.1, -0.05) is 17.7 Å². The van der Waals surface area contributed by atoms with E-state index in [0.717, 1.165) is 23.0 Å². The maximum Gasteiger partial charge on any atom is 0.293 e. The average molecular weight is 897 g/mol. The van der Waals surface area contributed by atoms with E-state index >= 15 is 8.78 Å². The number of benzene rings is 3. The number of amides is 1. The van der Waals surface area contributed by atoms with Gasteiger partial charge in [-0.2, -0.15) is 19.0 Å². The van der Waals surface area contributed by atoms with Crippen LogP contribution in [-0.4, -0.2) is 59.7 Å². The molecule has 3 atom stereocenters. The maximum absolute atomic E-state index is 15.5. The van der Waals surface area contributed by atoms with Crippen LogP contribution in [0.25, 0.3) is 38.8 Å². The van der Waals surface area contributed by atoms with Gasteiger partial charge >= 0.3 is 0 Å². The Morgan fingerprint density at radius 3 is 2.45 bits per heavy atom. The molecule has 2 aliphatic carbocycles. The molecular weight excluding hydrogens is 866 g/mol. The molecule has 0 spiro atoms. The van der Waals surface area contributed by atoms with E-state index in [9.17, 15) is 35.6 Å². The van der Waals surface area contributed by atoms with Crippen molar-refractivity contribution >= 4 is 55.2 Å². The molecule has 22 heteroatoms. The fourth-order valence-electron chi connectivity index (χ4n) is 8.28. The first-order chi connectivity index (χ1) is 29.3. The van der Waals surface area contributed by atoms with E-state index in [-0.39, 0.29) is 61.7 Å². The van der Waals surface area contributed by atoms with Crippen molar-refractivity contribution in [3.8, 4) is 16.9 Å². The second-order valence-electron chi connectivity index (χ2n) is 15.3. The van der Waals surface area contributed by atoms with Crippen LogP contribution >= 0.6 is 11.6 Å². The zero-order chi connectivity index (χ0) is 44.2. The summed E-state index contributed by atoms with van der Waals surface area (Å²) in [7, 11) is -2.46. The molecule has 2 aliphatic rings. The molecule has 62 heavy (non-hydrogen) atoms. The molecule has 9 rings (SSSR count). The molecule has 3 aromatic carbocycles. The molecule has 1 fully saturated rings. The normalized spacial score (nSPS) is 17.1. The molecular formula is C40H31ClF6N10O4S. The SMILES string of the molecule is Cc1cnc(-c2ccc3c(=O)n(-c4ccc(Cl)c5c(NS(C)(=O)=O)nn(C)c45)c([C@H](Cc4cc(F)cc(F)c4)NC(=O)Cn4nc(C(F)F)c5c4C(F)(F)[C@@H]4C[C@H]54)nc3c2)cn1. The van der Waals surface area contributed by atoms with E-state index in [1.54, 1.807) is 13.0 Å². The Morgan fingerprint density at radius 1 is 1.03 bits per heavy atom. The van der Waals surface area contributed by atoms with Gasteiger partial charge in [-0.3, -0.25) is 38.2 Å². The summed E-state index contributed by atoms with van der Waals surface area (Å²) in [6.45, 7) is 0.757. The van der Waals surface area contributed by atoms with E-state index in [0.29, 0.717) is 27.7 Å². The van der Waals surface area contributed by atoms with Crippen LogP contribution in [-0.2, 0) is 40.8 Å². The van der Waals surface area contributed by atoms with E-state index in [2.05, 4.69) is 30.2 Å². The van der Waals surface area contributed by atoms with Crippen LogP contribution in [0.5, 0.6) is 0 Å². The molecule has 1 saturated carbocycles. The number of aryl methyl sites for hydroxylation is 2. The fourth-order valence-corrected chi connectivity index (χ4v) is 9.02. The van der Waals surface area contributed by atoms with Crippen molar-refractivity contribution in [1.82, 2.24) is 44.4 Å². The Labute approximate surface area is 351 Å². The van der Waals surface area contributed by atoms with Crippen LogP contribution < -0.4 is 15.6 Å². The summed E-state index contributed by atoms with van der Waals surface area (Å²) in [5.41, 5.74) is -1.01. The first-order valence-corrected chi connectivity index (χ1v) is 21.1. The highest BCUT2D eigenvalue weighted by Gasteiger charge is 2.67. The Balaban J connectivity index is 1.26. The lowest BCUT2D eigenvalue weighted by Gasteiger charge is -2.24. The minimum Gasteiger partial charge on any atom is -0.344 e. The summed E-state index contributed by atoms with van der Waals surface area (Å²) in [5, 5.41) is 10.8. The highest BCUT2D eigenvalue weighted by atomic mass is 35.5. The second-order valence-corrected chi connectivity index (χ2v) is 17.5. The van der Waals surface area contributed by atoms with E-state index < -0.39 is 87.7 Å². The number of fused-ring (bicyclic) bond motifs is 5. The number of nitrogens with zero attached hydrogens (tertiary/aromatic N) is 8. The molecule has 1 amide bonds. The zero-order valence-corrected chi connectivity index (χ0v) is 34.0. The molecule has 0 aliphatic heterocycles. The number of anilines is 1. The average Bonchev–Trinajstić information content (AvgIpc) is 3.73. The maximum atomic E-state index is 15.5. The molecule has 4 aromatic heterocycles. The highest BCUT2D eigenvalue weighted by Crippen LogP contribution is 2.68. The van der Waals surface area contributed by atoms with Gasteiger partial charge in [0.1, 0.15) is 35.4 Å². The third kappa shape index (κ3) is 7.11. The summed E-state index contributed by atoms with van der Waals surface area (Å²) in [5.74, 6) is -9.06. The van der Waals surface area contributed by atoms with Crippen LogP contribution in [0, 0.1) is 24.5 Å². The van der Waals surface area contributed by atoms with Gasteiger partial charge in [0.25, 0.3) is 17.9 Å². The van der Waals surface area contributed by atoms with Crippen molar-refractivity contribution in [2.24, 2.45) is 13.0 Å². The van der Waals surface area contributed by atoms with Crippen molar-refractivity contribution in [1.29, 1.82) is 0 Å². The Kier molecular flexibility index (Phi) is 9.69. The number of hydrogen-bond donors (Lipinski definition) is 2. The molecule has 0 radical (unpaired) electrons. The molecule has 0 saturated heterocycles. The lowest BCUT2D eigenvalue weighted by atomic mass is 10.0. The minimum atomic E-state index is -3.91. The Morgan fingerprint density at radius 2 is 1.77 bits per heavy atom. The van der Waals surface area contributed by atoms with Gasteiger partial charge in [0.2, 0.25) is 15.9 Å². The predicted molar refractivity (Wildman–Crippen MR) is 214 cm³/mol. The number of rotatable bonds is 11. The number of carbonyl (C=O) groups excluding carboxylic acids is 1. The summed E-state index contributed by atoms with van der Waals surface area (Å²) in [4.78, 5) is 42.7. The molecule has 0 unspecified atom stereocenters. The first kappa shape index (κ1) is 41.0. The smallest absolute Gasteiger partial charge is 0.293 e. The molecule has 4 heterocycles. The van der Waals surface area contributed by atoms with Crippen LogP contribution in [0.15, 0.2) is 65.7 Å². The highest BCUT2D eigenvalue weighted by molar-refractivity contribution is 7.92. The largest absolute Gasteiger partial charge is 0.344 e. The van der Waals surface area contributed by atoms with Gasteiger partial charge in [0.15, 0.2) is 5.82 Å². The summed E-state index contributed by atoms with van der Waals surface area (Å²) < 4.78 is 119. The zero-order valence-electron chi connectivity index (χ0n) is 32.5. The fraction of sp³-hybridized carbons (Fsp3) is 0.275. The van der Waals surface area contributed by atoms with Gasteiger partial charge in [0, 0.05) is 42.8 Å². The quantitative estimate of drug-likeness (QED) is 0.133. The van der Waals surface area contributed by atoms with Gasteiger partial charge in [-0.25, -0.2) is 31.0 Å². The van der Waals surface area contributed by atoms with Gasteiger partial charge in [-0.05, 0) is 61.2 Å². The second kappa shape index (κ2) is 14.6. The van der Waals surface area contributed by atoms with E-state index in [4.69, 9.17) is 16.6 Å². The topological polar surface area (TPSA) is 172 Å². The van der Waals surface area contributed by atoms with Crippen LogP contribution in [0.1, 0.15) is 58.8 Å². The van der Waals surface area contributed by atoms with Crippen molar-refractivity contribution in [2.45, 2.75) is 50.6 Å². The number of nitrogens with one attached hydrogen (secondary N) is 2. The Bertz CT molecular complexity index is 3170. The molecule has 14 nitrogen and oxygen atoms in total. The molecule has 320 valence electrons. The van der Waals surface area contributed by atoms with E-state index in [1.165, 1.54) is 48.4 Å². The third-order valence-corrected chi connectivity index (χ3v) is 11.8. The first-order valence-electron chi connectivity index (χ1n) is 18.8. The molecule has 7 aromatic rings. The number of alkyl halides is 4. The van der Waals surface area contributed by atoms with Crippen molar-refractivity contribution < 1.29 is 39.6 Å². The molecule has 0 bridgehead atoms. The third-order valence-electron chi connectivity index (χ3n) is 10.9. The number of carbonyl (C=O) groups is 1. The van der Waals surface area contributed by atoms with Crippen LogP contribution in [0.4, 0.5) is 32.2 Å². The Hall–Kier alpha value is -6.35. The summed E-state index contributed by atoms with van der Waals surface area (Å²) >= 11 is 6.62. The van der Waals surface area contributed by atoms with E-state index in [1.807, 2.05) is 0 Å². The monoisotopic (exact) mass is 896 g/mol. The van der Waals surface area contributed by atoms with Gasteiger partial charge < -0.3 is 5.32 Å². The summed E-state index contributed by atoms with van der Waals surface area (Å²) in [6.07, 6.45) is 0.258. The molecule has 2 N–H and O–H groups in total.